The number of hydrogen-bond donors (Lipinski definition) is 0. The highest BCUT2D eigenvalue weighted by Gasteiger charge is 2.19. The quantitative estimate of drug-likeness (QED) is 0.0262. The summed E-state index contributed by atoms with van der Waals surface area (Å²) in [6, 6.07) is 0. The molecule has 0 heterocycles. The Morgan fingerprint density at radius 1 is 0.308 bits per heavy atom. The summed E-state index contributed by atoms with van der Waals surface area (Å²) in [5, 5.41) is 0. The molecule has 0 aromatic rings. The van der Waals surface area contributed by atoms with E-state index >= 15 is 0 Å². The summed E-state index contributed by atoms with van der Waals surface area (Å²) < 4.78 is 16.8. The van der Waals surface area contributed by atoms with Gasteiger partial charge in [0.2, 0.25) is 0 Å². The minimum atomic E-state index is -0.773. The number of ether oxygens (including phenoxy) is 3. The molecule has 0 radical (unpaired) electrons. The van der Waals surface area contributed by atoms with Gasteiger partial charge in [0.25, 0.3) is 0 Å². The van der Waals surface area contributed by atoms with E-state index in [-0.39, 0.29) is 31.1 Å². The van der Waals surface area contributed by atoms with E-state index in [2.05, 4.69) is 57.2 Å². The Morgan fingerprint density at radius 3 is 0.862 bits per heavy atom. The van der Waals surface area contributed by atoms with Gasteiger partial charge >= 0.3 is 17.9 Å². The van der Waals surface area contributed by atoms with E-state index < -0.39 is 6.10 Å². The van der Waals surface area contributed by atoms with Gasteiger partial charge in [-0.15, -0.1) is 0 Å². The molecule has 0 spiro atoms. The molecule has 6 heteroatoms. The van der Waals surface area contributed by atoms with E-state index in [0.29, 0.717) is 19.3 Å². The van der Waals surface area contributed by atoms with Crippen LogP contribution >= 0.6 is 0 Å². The smallest absolute Gasteiger partial charge is 0.306 e. The minimum absolute atomic E-state index is 0.0728. The first-order valence-corrected chi connectivity index (χ1v) is 28.5. The van der Waals surface area contributed by atoms with Crippen molar-refractivity contribution < 1.29 is 28.6 Å². The fraction of sp³-hybridized carbons (Fsp3) is 0.847. The van der Waals surface area contributed by atoms with Crippen molar-refractivity contribution in [3.63, 3.8) is 0 Å². The molecule has 0 aliphatic carbocycles. The zero-order chi connectivity index (χ0) is 47.2. The maximum atomic E-state index is 12.8. The van der Waals surface area contributed by atoms with E-state index in [1.807, 2.05) is 0 Å². The highest BCUT2D eigenvalue weighted by atomic mass is 16.6. The predicted octanol–water partition coefficient (Wildman–Crippen LogP) is 18.9. The zero-order valence-electron chi connectivity index (χ0n) is 43.5. The third-order valence-corrected chi connectivity index (χ3v) is 12.6. The molecule has 1 atom stereocenters. The SMILES string of the molecule is CCCCCCC/C=C\C/C=C\CCCCCCCCCCCCCC(=O)OCC(COC(=O)CCCCCCCCCCCC)OC(=O)CCCCCCC/C=C\CCCCCCC. The second-order valence-corrected chi connectivity index (χ2v) is 19.2. The first kappa shape index (κ1) is 62.6. The maximum Gasteiger partial charge on any atom is 0.306 e. The number of carbonyl (C=O) groups is 3. The molecule has 380 valence electrons. The number of unbranched alkanes of at least 4 members (excludes halogenated alkanes) is 35. The molecule has 0 aliphatic heterocycles. The Hall–Kier alpha value is -2.37. The number of hydrogen-bond acceptors (Lipinski definition) is 6. The predicted molar refractivity (Wildman–Crippen MR) is 279 cm³/mol. The van der Waals surface area contributed by atoms with Gasteiger partial charge in [-0.2, -0.15) is 0 Å². The monoisotopic (exact) mass is 913 g/mol. The third-order valence-electron chi connectivity index (χ3n) is 12.6. The fourth-order valence-electron chi connectivity index (χ4n) is 8.29. The van der Waals surface area contributed by atoms with Crippen LogP contribution in [0.1, 0.15) is 303 Å². The van der Waals surface area contributed by atoms with Crippen LogP contribution in [0, 0.1) is 0 Å². The van der Waals surface area contributed by atoms with Crippen LogP contribution in [0.3, 0.4) is 0 Å². The van der Waals surface area contributed by atoms with Crippen LogP contribution < -0.4 is 0 Å². The average molecular weight is 914 g/mol. The van der Waals surface area contributed by atoms with Crippen molar-refractivity contribution in [3.05, 3.63) is 36.5 Å². The molecule has 0 saturated carbocycles. The Kier molecular flexibility index (Phi) is 52.3. The molecule has 0 saturated heterocycles. The Balaban J connectivity index is 4.23. The highest BCUT2D eigenvalue weighted by molar-refractivity contribution is 5.71. The van der Waals surface area contributed by atoms with Gasteiger partial charge < -0.3 is 14.2 Å². The van der Waals surface area contributed by atoms with Crippen molar-refractivity contribution in [3.8, 4) is 0 Å². The third kappa shape index (κ3) is 52.5. The van der Waals surface area contributed by atoms with Gasteiger partial charge in [-0.1, -0.05) is 243 Å². The van der Waals surface area contributed by atoms with Crippen molar-refractivity contribution in [2.75, 3.05) is 13.2 Å². The summed E-state index contributed by atoms with van der Waals surface area (Å²) in [7, 11) is 0. The molecule has 65 heavy (non-hydrogen) atoms. The Labute approximate surface area is 404 Å². The summed E-state index contributed by atoms with van der Waals surface area (Å²) in [5.74, 6) is -0.871. The van der Waals surface area contributed by atoms with Crippen molar-refractivity contribution >= 4 is 17.9 Å². The summed E-state index contributed by atoms with van der Waals surface area (Å²) >= 11 is 0. The average Bonchev–Trinajstić information content (AvgIpc) is 3.30. The van der Waals surface area contributed by atoms with Gasteiger partial charge in [-0.3, -0.25) is 14.4 Å². The number of carbonyl (C=O) groups excluding carboxylic acids is 3. The summed E-state index contributed by atoms with van der Waals surface area (Å²) in [6.45, 7) is 6.63. The molecular formula is C59H108O6. The van der Waals surface area contributed by atoms with Crippen LogP contribution in [-0.2, 0) is 28.6 Å². The minimum Gasteiger partial charge on any atom is -0.462 e. The molecule has 0 rings (SSSR count). The second kappa shape index (κ2) is 54.2. The molecule has 1 unspecified atom stereocenters. The van der Waals surface area contributed by atoms with Crippen molar-refractivity contribution in [1.29, 1.82) is 0 Å². The highest BCUT2D eigenvalue weighted by Crippen LogP contribution is 2.16. The standard InChI is InChI=1S/C59H108O6/c1-4-7-10-13-16-19-22-24-26-27-28-29-30-31-32-33-34-36-37-40-43-46-49-52-58(61)64-55-56(54-63-57(60)51-48-45-42-39-21-18-15-12-9-6-3)65-59(62)53-50-47-44-41-38-35-25-23-20-17-14-11-8-5-2/h22-25,27-28,56H,4-21,26,29-55H2,1-3H3/b24-22-,25-23-,28-27-. The van der Waals surface area contributed by atoms with Gasteiger partial charge in [-0.05, 0) is 77.0 Å². The molecule has 0 fully saturated rings. The van der Waals surface area contributed by atoms with Crippen molar-refractivity contribution in [2.45, 2.75) is 309 Å². The van der Waals surface area contributed by atoms with Gasteiger partial charge in [0, 0.05) is 19.3 Å². The lowest BCUT2D eigenvalue weighted by atomic mass is 10.0. The maximum absolute atomic E-state index is 12.8. The van der Waals surface area contributed by atoms with Gasteiger partial charge in [0.1, 0.15) is 13.2 Å². The lowest BCUT2D eigenvalue weighted by Crippen LogP contribution is -2.30. The van der Waals surface area contributed by atoms with Crippen LogP contribution in [-0.4, -0.2) is 37.2 Å². The lowest BCUT2D eigenvalue weighted by molar-refractivity contribution is -0.167. The summed E-state index contributed by atoms with van der Waals surface area (Å²) in [4.78, 5) is 38.0. The Morgan fingerprint density at radius 2 is 0.554 bits per heavy atom. The topological polar surface area (TPSA) is 78.9 Å². The molecule has 0 amide bonds. The Bertz CT molecular complexity index is 1090. The first-order chi connectivity index (χ1) is 32.0. The van der Waals surface area contributed by atoms with E-state index in [4.69, 9.17) is 14.2 Å². The van der Waals surface area contributed by atoms with Crippen LogP contribution in [0.15, 0.2) is 36.5 Å². The lowest BCUT2D eigenvalue weighted by Gasteiger charge is -2.18. The second-order valence-electron chi connectivity index (χ2n) is 19.2. The number of esters is 3. The molecule has 0 aromatic carbocycles. The van der Waals surface area contributed by atoms with Crippen LogP contribution in [0.5, 0.6) is 0 Å². The van der Waals surface area contributed by atoms with Crippen molar-refractivity contribution in [2.24, 2.45) is 0 Å². The van der Waals surface area contributed by atoms with Gasteiger partial charge in [-0.25, -0.2) is 0 Å². The first-order valence-electron chi connectivity index (χ1n) is 28.5. The molecule has 0 N–H and O–H groups in total. The van der Waals surface area contributed by atoms with Crippen LogP contribution in [0.25, 0.3) is 0 Å². The summed E-state index contributed by atoms with van der Waals surface area (Å²) in [6.07, 6.45) is 64.2. The van der Waals surface area contributed by atoms with Crippen molar-refractivity contribution in [1.82, 2.24) is 0 Å². The van der Waals surface area contributed by atoms with E-state index in [1.165, 1.54) is 193 Å². The van der Waals surface area contributed by atoms with Gasteiger partial charge in [0.15, 0.2) is 6.10 Å². The largest absolute Gasteiger partial charge is 0.462 e. The molecule has 6 nitrogen and oxygen atoms in total. The summed E-state index contributed by atoms with van der Waals surface area (Å²) in [5.41, 5.74) is 0. The van der Waals surface area contributed by atoms with E-state index in [9.17, 15) is 14.4 Å². The molecule has 0 bridgehead atoms. The molecule has 0 aromatic heterocycles. The van der Waals surface area contributed by atoms with Crippen LogP contribution in [0.4, 0.5) is 0 Å². The number of allylic oxidation sites excluding steroid dienone is 6. The van der Waals surface area contributed by atoms with E-state index in [1.54, 1.807) is 0 Å². The fourth-order valence-corrected chi connectivity index (χ4v) is 8.29. The number of rotatable bonds is 52. The molecule has 0 aliphatic rings. The zero-order valence-corrected chi connectivity index (χ0v) is 43.5. The molecular weight excluding hydrogens is 805 g/mol. The van der Waals surface area contributed by atoms with E-state index in [0.717, 1.165) is 70.6 Å². The normalized spacial score (nSPS) is 12.2. The van der Waals surface area contributed by atoms with Gasteiger partial charge in [0.05, 0.1) is 0 Å². The van der Waals surface area contributed by atoms with Crippen LogP contribution in [0.2, 0.25) is 0 Å².